The summed E-state index contributed by atoms with van der Waals surface area (Å²) < 4.78 is 0. The second-order valence-corrected chi connectivity index (χ2v) is 4.98. The summed E-state index contributed by atoms with van der Waals surface area (Å²) in [6, 6.07) is 15.3. The molecule has 1 fully saturated rings. The van der Waals surface area contributed by atoms with E-state index in [4.69, 9.17) is 0 Å². The quantitative estimate of drug-likeness (QED) is 0.910. The first-order chi connectivity index (χ1) is 9.42. The Morgan fingerprint density at radius 1 is 1.00 bits per heavy atom. The third-order valence-electron chi connectivity index (χ3n) is 3.65. The molecule has 1 aromatic carbocycles. The number of pyridine rings is 1. The fraction of sp³-hybridized carbons (Fsp3) is 0.312. The molecule has 0 radical (unpaired) electrons. The van der Waals surface area contributed by atoms with E-state index >= 15 is 0 Å². The topological polar surface area (TPSA) is 28.2 Å². The van der Waals surface area contributed by atoms with Crippen LogP contribution in [0.4, 0.5) is 11.4 Å². The molecule has 0 saturated carbocycles. The van der Waals surface area contributed by atoms with Crippen molar-refractivity contribution in [3.05, 3.63) is 54.9 Å². The van der Waals surface area contributed by atoms with Crippen LogP contribution in [0.2, 0.25) is 0 Å². The van der Waals surface area contributed by atoms with E-state index in [-0.39, 0.29) is 0 Å². The molecule has 0 spiro atoms. The van der Waals surface area contributed by atoms with Gasteiger partial charge in [-0.15, -0.1) is 0 Å². The van der Waals surface area contributed by atoms with E-state index in [1.807, 2.05) is 18.5 Å². The van der Waals surface area contributed by atoms with Gasteiger partial charge in [-0.1, -0.05) is 18.2 Å². The minimum Gasteiger partial charge on any atom is -0.381 e. The van der Waals surface area contributed by atoms with Gasteiger partial charge in [0.05, 0.1) is 5.69 Å². The number of rotatable bonds is 3. The van der Waals surface area contributed by atoms with E-state index in [2.05, 4.69) is 51.6 Å². The van der Waals surface area contributed by atoms with Crippen LogP contribution in [-0.2, 0) is 0 Å². The molecule has 98 valence electrons. The van der Waals surface area contributed by atoms with Crippen molar-refractivity contribution in [3.8, 4) is 0 Å². The molecule has 2 heterocycles. The number of benzene rings is 1. The molecule has 1 aromatic heterocycles. The fourth-order valence-electron chi connectivity index (χ4n) is 2.60. The van der Waals surface area contributed by atoms with E-state index in [1.54, 1.807) is 0 Å². The van der Waals surface area contributed by atoms with Gasteiger partial charge in [-0.05, 0) is 37.1 Å². The largest absolute Gasteiger partial charge is 0.381 e. The van der Waals surface area contributed by atoms with Gasteiger partial charge in [-0.2, -0.15) is 0 Å². The van der Waals surface area contributed by atoms with Crippen molar-refractivity contribution < 1.29 is 0 Å². The first-order valence-electron chi connectivity index (χ1n) is 6.88. The molecule has 0 atom stereocenters. The number of para-hydroxylation sites is 1. The van der Waals surface area contributed by atoms with Gasteiger partial charge in [-0.25, -0.2) is 0 Å². The average Bonchev–Trinajstić information content (AvgIpc) is 2.50. The van der Waals surface area contributed by atoms with E-state index in [0.717, 1.165) is 18.8 Å². The zero-order chi connectivity index (χ0) is 12.9. The Balaban J connectivity index is 1.55. The second-order valence-electron chi connectivity index (χ2n) is 4.98. The molecule has 19 heavy (non-hydrogen) atoms. The number of hydrogen-bond acceptors (Lipinski definition) is 3. The van der Waals surface area contributed by atoms with Gasteiger partial charge in [0, 0.05) is 37.2 Å². The number of hydrogen-bond donors (Lipinski definition) is 1. The monoisotopic (exact) mass is 253 g/mol. The standard InChI is InChI=1S/C16H19N3/c1-2-6-16(7-3-1)19-11-8-14(9-12-19)18-15-5-4-10-17-13-15/h1-7,10,13-14,18H,8-9,11-12H2. The molecule has 3 nitrogen and oxygen atoms in total. The maximum atomic E-state index is 4.14. The summed E-state index contributed by atoms with van der Waals surface area (Å²) in [6.45, 7) is 2.23. The molecule has 0 amide bonds. The van der Waals surface area contributed by atoms with Crippen LogP contribution in [0, 0.1) is 0 Å². The highest BCUT2D eigenvalue weighted by atomic mass is 15.1. The van der Waals surface area contributed by atoms with Crippen LogP contribution in [0.25, 0.3) is 0 Å². The van der Waals surface area contributed by atoms with Crippen molar-refractivity contribution in [2.24, 2.45) is 0 Å². The minimum absolute atomic E-state index is 0.559. The molecular weight excluding hydrogens is 234 g/mol. The predicted octanol–water partition coefficient (Wildman–Crippen LogP) is 3.16. The molecule has 0 bridgehead atoms. The lowest BCUT2D eigenvalue weighted by Gasteiger charge is -2.34. The zero-order valence-corrected chi connectivity index (χ0v) is 11.0. The van der Waals surface area contributed by atoms with Gasteiger partial charge in [0.2, 0.25) is 0 Å². The van der Waals surface area contributed by atoms with Crippen LogP contribution in [0.5, 0.6) is 0 Å². The lowest BCUT2D eigenvalue weighted by atomic mass is 10.0. The third-order valence-corrected chi connectivity index (χ3v) is 3.65. The Bertz CT molecular complexity index is 490. The molecule has 0 aliphatic carbocycles. The average molecular weight is 253 g/mol. The summed E-state index contributed by atoms with van der Waals surface area (Å²) in [5.41, 5.74) is 2.46. The third kappa shape index (κ3) is 3.05. The van der Waals surface area contributed by atoms with Gasteiger partial charge < -0.3 is 10.2 Å². The number of aromatic nitrogens is 1. The Kier molecular flexibility index (Phi) is 3.63. The minimum atomic E-state index is 0.559. The Morgan fingerprint density at radius 2 is 1.79 bits per heavy atom. The molecule has 2 aromatic rings. The highest BCUT2D eigenvalue weighted by Gasteiger charge is 2.18. The molecular formula is C16H19N3. The Labute approximate surface area is 114 Å². The molecule has 1 aliphatic heterocycles. The van der Waals surface area contributed by atoms with Crippen LogP contribution in [0.1, 0.15) is 12.8 Å². The maximum Gasteiger partial charge on any atom is 0.0528 e. The van der Waals surface area contributed by atoms with Crippen LogP contribution in [-0.4, -0.2) is 24.1 Å². The number of nitrogens with zero attached hydrogens (tertiary/aromatic N) is 2. The molecule has 1 aliphatic rings. The number of piperidine rings is 1. The van der Waals surface area contributed by atoms with Crippen LogP contribution in [0.15, 0.2) is 54.9 Å². The highest BCUT2D eigenvalue weighted by Crippen LogP contribution is 2.21. The van der Waals surface area contributed by atoms with E-state index in [0.29, 0.717) is 6.04 Å². The Morgan fingerprint density at radius 3 is 2.47 bits per heavy atom. The van der Waals surface area contributed by atoms with E-state index in [1.165, 1.54) is 18.5 Å². The SMILES string of the molecule is c1ccc(N2CCC(Nc3cccnc3)CC2)cc1. The first kappa shape index (κ1) is 12.0. The molecule has 3 rings (SSSR count). The van der Waals surface area contributed by atoms with Crippen molar-refractivity contribution in [3.63, 3.8) is 0 Å². The van der Waals surface area contributed by atoms with Crippen molar-refractivity contribution in [1.82, 2.24) is 4.98 Å². The van der Waals surface area contributed by atoms with Crippen molar-refractivity contribution >= 4 is 11.4 Å². The fourth-order valence-corrected chi connectivity index (χ4v) is 2.60. The van der Waals surface area contributed by atoms with Gasteiger partial charge in [0.15, 0.2) is 0 Å². The highest BCUT2D eigenvalue weighted by molar-refractivity contribution is 5.47. The Hall–Kier alpha value is -2.03. The lowest BCUT2D eigenvalue weighted by molar-refractivity contribution is 0.526. The molecule has 1 saturated heterocycles. The molecule has 3 heteroatoms. The second kappa shape index (κ2) is 5.74. The van der Waals surface area contributed by atoms with Crippen LogP contribution < -0.4 is 10.2 Å². The van der Waals surface area contributed by atoms with Gasteiger partial charge in [-0.3, -0.25) is 4.98 Å². The maximum absolute atomic E-state index is 4.14. The smallest absolute Gasteiger partial charge is 0.0528 e. The summed E-state index contributed by atoms with van der Waals surface area (Å²) in [4.78, 5) is 6.60. The van der Waals surface area contributed by atoms with Gasteiger partial charge >= 0.3 is 0 Å². The lowest BCUT2D eigenvalue weighted by Crippen LogP contribution is -2.39. The molecule has 0 unspecified atom stereocenters. The summed E-state index contributed by atoms with van der Waals surface area (Å²) >= 11 is 0. The summed E-state index contributed by atoms with van der Waals surface area (Å²) in [5, 5.41) is 3.56. The van der Waals surface area contributed by atoms with Gasteiger partial charge in [0.1, 0.15) is 0 Å². The van der Waals surface area contributed by atoms with Gasteiger partial charge in [0.25, 0.3) is 0 Å². The summed E-state index contributed by atoms with van der Waals surface area (Å²) in [7, 11) is 0. The summed E-state index contributed by atoms with van der Waals surface area (Å²) in [5.74, 6) is 0. The molecule has 1 N–H and O–H groups in total. The van der Waals surface area contributed by atoms with E-state index < -0.39 is 0 Å². The normalized spacial score (nSPS) is 16.3. The van der Waals surface area contributed by atoms with Crippen molar-refractivity contribution in [2.75, 3.05) is 23.3 Å². The summed E-state index contributed by atoms with van der Waals surface area (Å²) in [6.07, 6.45) is 6.04. The van der Waals surface area contributed by atoms with E-state index in [9.17, 15) is 0 Å². The van der Waals surface area contributed by atoms with Crippen molar-refractivity contribution in [2.45, 2.75) is 18.9 Å². The number of anilines is 2. The predicted molar refractivity (Wildman–Crippen MR) is 79.5 cm³/mol. The van der Waals surface area contributed by atoms with Crippen LogP contribution in [0.3, 0.4) is 0 Å². The zero-order valence-electron chi connectivity index (χ0n) is 11.0. The van der Waals surface area contributed by atoms with Crippen LogP contribution >= 0.6 is 0 Å². The first-order valence-corrected chi connectivity index (χ1v) is 6.88. The number of nitrogens with one attached hydrogen (secondary N) is 1. The van der Waals surface area contributed by atoms with Crippen molar-refractivity contribution in [1.29, 1.82) is 0 Å².